The average Bonchev–Trinajstić information content (AvgIpc) is 2.72. The lowest BCUT2D eigenvalue weighted by Gasteiger charge is -2.16. The van der Waals surface area contributed by atoms with E-state index in [1.165, 1.54) is 0 Å². The van der Waals surface area contributed by atoms with Gasteiger partial charge in [-0.05, 0) is 74.2 Å². The second-order valence-electron chi connectivity index (χ2n) is 5.93. The first-order chi connectivity index (χ1) is 12.8. The Morgan fingerprint density at radius 3 is 1.38 bits per heavy atom. The average molecular weight is 342 g/mol. The molecule has 1 aliphatic rings. The highest BCUT2D eigenvalue weighted by atomic mass is 15.3. The van der Waals surface area contributed by atoms with Gasteiger partial charge in [-0.25, -0.2) is 0 Å². The molecular formula is C20H18N6. The molecule has 0 spiro atoms. The van der Waals surface area contributed by atoms with Crippen LogP contribution in [0.15, 0.2) is 58.7 Å². The molecule has 0 aliphatic heterocycles. The molecule has 0 heterocycles. The van der Waals surface area contributed by atoms with Gasteiger partial charge in [-0.2, -0.15) is 20.7 Å². The SMILES string of the molecule is N#Cc1ccc(N/N=C2\CCCC\C2=N/Nc2ccc(C#N)cc2)cc1. The molecule has 1 aliphatic carbocycles. The summed E-state index contributed by atoms with van der Waals surface area (Å²) in [5.41, 5.74) is 10.9. The highest BCUT2D eigenvalue weighted by molar-refractivity contribution is 6.43. The van der Waals surface area contributed by atoms with Crippen LogP contribution < -0.4 is 10.9 Å². The third-order valence-electron chi connectivity index (χ3n) is 4.08. The molecule has 0 unspecified atom stereocenters. The Hall–Kier alpha value is -3.64. The largest absolute Gasteiger partial charge is 0.278 e. The standard InChI is InChI=1S/C20H18N6/c21-13-15-5-9-17(10-6-15)23-25-19-3-1-2-4-20(19)26-24-18-11-7-16(14-22)8-12-18/h5-12,23-24H,1-4H2/b25-19+,26-20+. The van der Waals surface area contributed by atoms with E-state index in [0.717, 1.165) is 48.5 Å². The molecule has 0 saturated heterocycles. The van der Waals surface area contributed by atoms with E-state index in [1.54, 1.807) is 24.3 Å². The Bertz CT molecular complexity index is 818. The van der Waals surface area contributed by atoms with E-state index in [-0.39, 0.29) is 0 Å². The molecule has 26 heavy (non-hydrogen) atoms. The molecule has 6 nitrogen and oxygen atoms in total. The van der Waals surface area contributed by atoms with Gasteiger partial charge in [0.2, 0.25) is 0 Å². The van der Waals surface area contributed by atoms with Crippen molar-refractivity contribution in [1.29, 1.82) is 10.5 Å². The summed E-state index contributed by atoms with van der Waals surface area (Å²) < 4.78 is 0. The van der Waals surface area contributed by atoms with Gasteiger partial charge in [0.1, 0.15) is 0 Å². The van der Waals surface area contributed by atoms with Crippen LogP contribution in [-0.4, -0.2) is 11.4 Å². The third kappa shape index (κ3) is 4.46. The molecule has 1 saturated carbocycles. The molecule has 2 aromatic rings. The van der Waals surface area contributed by atoms with Gasteiger partial charge in [-0.15, -0.1) is 0 Å². The summed E-state index contributed by atoms with van der Waals surface area (Å²) in [6.45, 7) is 0. The van der Waals surface area contributed by atoms with Crippen LogP contribution in [0.1, 0.15) is 36.8 Å². The molecule has 0 radical (unpaired) electrons. The van der Waals surface area contributed by atoms with Crippen molar-refractivity contribution in [2.45, 2.75) is 25.7 Å². The Labute approximate surface area is 152 Å². The number of nitrogens with zero attached hydrogens (tertiary/aromatic N) is 4. The quantitative estimate of drug-likeness (QED) is 0.812. The molecular weight excluding hydrogens is 324 g/mol. The lowest BCUT2D eigenvalue weighted by atomic mass is 9.96. The van der Waals surface area contributed by atoms with E-state index in [2.05, 4.69) is 33.2 Å². The summed E-state index contributed by atoms with van der Waals surface area (Å²) in [6, 6.07) is 18.5. The topological polar surface area (TPSA) is 96.4 Å². The van der Waals surface area contributed by atoms with Crippen LogP contribution in [-0.2, 0) is 0 Å². The summed E-state index contributed by atoms with van der Waals surface area (Å²) in [6.07, 6.45) is 3.92. The highest BCUT2D eigenvalue weighted by Crippen LogP contribution is 2.16. The number of hydrogen-bond acceptors (Lipinski definition) is 6. The zero-order chi connectivity index (χ0) is 18.2. The van der Waals surface area contributed by atoms with Gasteiger partial charge in [0.15, 0.2) is 0 Å². The first-order valence-electron chi connectivity index (χ1n) is 8.44. The summed E-state index contributed by atoms with van der Waals surface area (Å²) in [7, 11) is 0. The van der Waals surface area contributed by atoms with Gasteiger partial charge in [-0.3, -0.25) is 10.9 Å². The second kappa shape index (κ2) is 8.46. The molecule has 0 aromatic heterocycles. The predicted molar refractivity (Wildman–Crippen MR) is 103 cm³/mol. The number of hydrogen-bond donors (Lipinski definition) is 2. The molecule has 2 aromatic carbocycles. The lowest BCUT2D eigenvalue weighted by Crippen LogP contribution is -2.21. The van der Waals surface area contributed by atoms with Gasteiger partial charge in [-0.1, -0.05) is 0 Å². The van der Waals surface area contributed by atoms with Crippen LogP contribution in [0.4, 0.5) is 11.4 Å². The number of benzene rings is 2. The number of rotatable bonds is 4. The van der Waals surface area contributed by atoms with E-state index in [9.17, 15) is 0 Å². The summed E-state index contributed by atoms with van der Waals surface area (Å²) in [5, 5.41) is 26.7. The summed E-state index contributed by atoms with van der Waals surface area (Å²) in [4.78, 5) is 0. The number of anilines is 2. The minimum absolute atomic E-state index is 0.620. The fourth-order valence-electron chi connectivity index (χ4n) is 2.62. The second-order valence-corrected chi connectivity index (χ2v) is 5.93. The zero-order valence-electron chi connectivity index (χ0n) is 14.2. The van der Waals surface area contributed by atoms with Crippen LogP contribution in [0, 0.1) is 22.7 Å². The van der Waals surface area contributed by atoms with E-state index >= 15 is 0 Å². The van der Waals surface area contributed by atoms with Crippen LogP contribution in [0.2, 0.25) is 0 Å². The van der Waals surface area contributed by atoms with Crippen molar-refractivity contribution in [3.63, 3.8) is 0 Å². The van der Waals surface area contributed by atoms with Crippen molar-refractivity contribution >= 4 is 22.8 Å². The Balaban J connectivity index is 1.69. The van der Waals surface area contributed by atoms with E-state index in [1.807, 2.05) is 24.3 Å². The monoisotopic (exact) mass is 342 g/mol. The van der Waals surface area contributed by atoms with E-state index in [0.29, 0.717) is 11.1 Å². The summed E-state index contributed by atoms with van der Waals surface area (Å²) in [5.74, 6) is 0. The normalized spacial score (nSPS) is 16.7. The number of hydrazone groups is 2. The molecule has 128 valence electrons. The van der Waals surface area contributed by atoms with Crippen molar-refractivity contribution in [2.24, 2.45) is 10.2 Å². The van der Waals surface area contributed by atoms with Crippen molar-refractivity contribution in [3.8, 4) is 12.1 Å². The summed E-state index contributed by atoms with van der Waals surface area (Å²) >= 11 is 0. The minimum Gasteiger partial charge on any atom is -0.278 e. The van der Waals surface area contributed by atoms with Gasteiger partial charge in [0.25, 0.3) is 0 Å². The molecule has 1 fully saturated rings. The maximum Gasteiger partial charge on any atom is 0.0991 e. The molecule has 0 atom stereocenters. The van der Waals surface area contributed by atoms with Crippen molar-refractivity contribution in [2.75, 3.05) is 10.9 Å². The fraction of sp³-hybridized carbons (Fsp3) is 0.200. The predicted octanol–water partition coefficient (Wildman–Crippen LogP) is 4.24. The maximum absolute atomic E-state index is 8.84. The zero-order valence-corrected chi connectivity index (χ0v) is 14.2. The molecule has 2 N–H and O–H groups in total. The van der Waals surface area contributed by atoms with Gasteiger partial charge < -0.3 is 0 Å². The molecule has 0 bridgehead atoms. The number of nitriles is 2. The van der Waals surface area contributed by atoms with Crippen molar-refractivity contribution in [3.05, 3.63) is 59.7 Å². The third-order valence-corrected chi connectivity index (χ3v) is 4.08. The highest BCUT2D eigenvalue weighted by Gasteiger charge is 2.15. The van der Waals surface area contributed by atoms with Crippen molar-refractivity contribution in [1.82, 2.24) is 0 Å². The lowest BCUT2D eigenvalue weighted by molar-refractivity contribution is 0.774. The maximum atomic E-state index is 8.84. The minimum atomic E-state index is 0.620. The Morgan fingerprint density at radius 2 is 1.04 bits per heavy atom. The van der Waals surface area contributed by atoms with Gasteiger partial charge in [0, 0.05) is 0 Å². The van der Waals surface area contributed by atoms with Crippen LogP contribution >= 0.6 is 0 Å². The molecule has 3 rings (SSSR count). The fourth-order valence-corrected chi connectivity index (χ4v) is 2.62. The first-order valence-corrected chi connectivity index (χ1v) is 8.44. The van der Waals surface area contributed by atoms with E-state index < -0.39 is 0 Å². The first kappa shape index (κ1) is 17.2. The van der Waals surface area contributed by atoms with Crippen LogP contribution in [0.25, 0.3) is 0 Å². The van der Waals surface area contributed by atoms with Crippen LogP contribution in [0.5, 0.6) is 0 Å². The molecule has 0 amide bonds. The molecule has 6 heteroatoms. The smallest absolute Gasteiger partial charge is 0.0991 e. The van der Waals surface area contributed by atoms with Crippen LogP contribution in [0.3, 0.4) is 0 Å². The Morgan fingerprint density at radius 1 is 0.654 bits per heavy atom. The van der Waals surface area contributed by atoms with Gasteiger partial charge >= 0.3 is 0 Å². The van der Waals surface area contributed by atoms with Gasteiger partial charge in [0.05, 0.1) is 46.1 Å². The Kier molecular flexibility index (Phi) is 5.59. The number of nitrogens with one attached hydrogen (secondary N) is 2. The van der Waals surface area contributed by atoms with E-state index in [4.69, 9.17) is 10.5 Å². The van der Waals surface area contributed by atoms with Crippen molar-refractivity contribution < 1.29 is 0 Å².